The smallest absolute Gasteiger partial charge is 0.119 e. The van der Waals surface area contributed by atoms with E-state index < -0.39 is 0 Å². The number of hydrogen-bond acceptors (Lipinski definition) is 2. The number of rotatable bonds is 3. The Bertz CT molecular complexity index is 318. The first-order chi connectivity index (χ1) is 6.81. The van der Waals surface area contributed by atoms with Crippen LogP contribution in [0.3, 0.4) is 0 Å². The van der Waals surface area contributed by atoms with E-state index in [9.17, 15) is 0 Å². The fourth-order valence-corrected chi connectivity index (χ4v) is 1.87. The van der Waals surface area contributed by atoms with E-state index in [4.69, 9.17) is 4.74 Å². The lowest BCUT2D eigenvalue weighted by atomic mass is 9.90. The van der Waals surface area contributed by atoms with Gasteiger partial charge in [0.2, 0.25) is 0 Å². The van der Waals surface area contributed by atoms with Crippen LogP contribution in [-0.4, -0.2) is 19.7 Å². The lowest BCUT2D eigenvalue weighted by Crippen LogP contribution is -2.40. The summed E-state index contributed by atoms with van der Waals surface area (Å²) in [7, 11) is 0. The molecule has 0 bridgehead atoms. The van der Waals surface area contributed by atoms with Gasteiger partial charge in [0.15, 0.2) is 0 Å². The van der Waals surface area contributed by atoms with Crippen molar-refractivity contribution in [2.45, 2.75) is 19.8 Å². The first-order valence-electron chi connectivity index (χ1n) is 5.25. The minimum absolute atomic E-state index is 0.714. The van der Waals surface area contributed by atoms with E-state index >= 15 is 0 Å². The van der Waals surface area contributed by atoms with Crippen LogP contribution in [-0.2, 0) is 0 Å². The molecule has 76 valence electrons. The van der Waals surface area contributed by atoms with Crippen molar-refractivity contribution in [3.05, 3.63) is 29.3 Å². The van der Waals surface area contributed by atoms with Crippen molar-refractivity contribution in [2.75, 3.05) is 19.7 Å². The molecule has 1 aromatic rings. The maximum atomic E-state index is 5.46. The van der Waals surface area contributed by atoms with E-state index in [1.165, 1.54) is 11.1 Å². The molecule has 0 radical (unpaired) electrons. The molecule has 1 saturated heterocycles. The van der Waals surface area contributed by atoms with Crippen LogP contribution in [0.5, 0.6) is 5.75 Å². The van der Waals surface area contributed by atoms with Crippen molar-refractivity contribution in [1.29, 1.82) is 0 Å². The first-order valence-corrected chi connectivity index (χ1v) is 5.25. The highest BCUT2D eigenvalue weighted by Crippen LogP contribution is 2.26. The molecule has 1 aliphatic heterocycles. The van der Waals surface area contributed by atoms with Crippen molar-refractivity contribution in [2.24, 2.45) is 0 Å². The number of ether oxygens (including phenoxy) is 1. The predicted molar refractivity (Wildman–Crippen MR) is 58.0 cm³/mol. The molecule has 0 unspecified atom stereocenters. The maximum absolute atomic E-state index is 5.46. The Hall–Kier alpha value is -1.02. The van der Waals surface area contributed by atoms with E-state index in [0.29, 0.717) is 5.92 Å². The van der Waals surface area contributed by atoms with Crippen LogP contribution in [0.2, 0.25) is 0 Å². The second kappa shape index (κ2) is 4.01. The minimum atomic E-state index is 0.714. The molecule has 2 rings (SSSR count). The van der Waals surface area contributed by atoms with Gasteiger partial charge in [-0.25, -0.2) is 0 Å². The van der Waals surface area contributed by atoms with Gasteiger partial charge in [0, 0.05) is 19.0 Å². The monoisotopic (exact) mass is 191 g/mol. The third-order valence-corrected chi connectivity index (χ3v) is 2.77. The van der Waals surface area contributed by atoms with Gasteiger partial charge in [-0.2, -0.15) is 0 Å². The Morgan fingerprint density at radius 2 is 2.21 bits per heavy atom. The summed E-state index contributed by atoms with van der Waals surface area (Å²) in [4.78, 5) is 0. The highest BCUT2D eigenvalue weighted by Gasteiger charge is 2.20. The SMILES string of the molecule is CCOc1ccc(C2CNC2)c(C)c1. The topological polar surface area (TPSA) is 21.3 Å². The van der Waals surface area contributed by atoms with Crippen molar-refractivity contribution in [1.82, 2.24) is 5.32 Å². The zero-order valence-corrected chi connectivity index (χ0v) is 8.84. The van der Waals surface area contributed by atoms with Crippen molar-refractivity contribution >= 4 is 0 Å². The Morgan fingerprint density at radius 3 is 2.71 bits per heavy atom. The van der Waals surface area contributed by atoms with Crippen LogP contribution >= 0.6 is 0 Å². The molecule has 0 aromatic heterocycles. The standard InChI is InChI=1S/C12H17NO/c1-3-14-11-4-5-12(9(2)6-11)10-7-13-8-10/h4-6,10,13H,3,7-8H2,1-2H3. The molecule has 2 heteroatoms. The third-order valence-electron chi connectivity index (χ3n) is 2.77. The quantitative estimate of drug-likeness (QED) is 0.789. The van der Waals surface area contributed by atoms with Crippen LogP contribution in [0.4, 0.5) is 0 Å². The summed E-state index contributed by atoms with van der Waals surface area (Å²) < 4.78 is 5.46. The molecule has 0 amide bonds. The van der Waals surface area contributed by atoms with Crippen LogP contribution in [0.1, 0.15) is 24.0 Å². The van der Waals surface area contributed by atoms with Crippen LogP contribution in [0.25, 0.3) is 0 Å². The van der Waals surface area contributed by atoms with Gasteiger partial charge in [-0.1, -0.05) is 6.07 Å². The molecule has 1 aliphatic rings. The van der Waals surface area contributed by atoms with Gasteiger partial charge in [-0.3, -0.25) is 0 Å². The summed E-state index contributed by atoms with van der Waals surface area (Å²) in [6.07, 6.45) is 0. The van der Waals surface area contributed by atoms with Crippen molar-refractivity contribution in [3.63, 3.8) is 0 Å². The van der Waals surface area contributed by atoms with Crippen LogP contribution in [0, 0.1) is 6.92 Å². The average Bonchev–Trinajstić information content (AvgIpc) is 2.07. The molecule has 1 aromatic carbocycles. The Balaban J connectivity index is 2.17. The molecular weight excluding hydrogens is 174 g/mol. The highest BCUT2D eigenvalue weighted by atomic mass is 16.5. The van der Waals surface area contributed by atoms with Gasteiger partial charge in [0.25, 0.3) is 0 Å². The second-order valence-corrected chi connectivity index (χ2v) is 3.81. The molecule has 0 spiro atoms. The number of hydrogen-bond donors (Lipinski definition) is 1. The van der Waals surface area contributed by atoms with E-state index in [1.807, 2.05) is 6.92 Å². The van der Waals surface area contributed by atoms with Crippen molar-refractivity contribution < 1.29 is 4.74 Å². The maximum Gasteiger partial charge on any atom is 0.119 e. The first kappa shape index (κ1) is 9.53. The zero-order valence-electron chi connectivity index (χ0n) is 8.84. The van der Waals surface area contributed by atoms with Gasteiger partial charge in [0.1, 0.15) is 5.75 Å². The molecule has 2 nitrogen and oxygen atoms in total. The minimum Gasteiger partial charge on any atom is -0.494 e. The Morgan fingerprint density at radius 1 is 1.43 bits per heavy atom. The summed E-state index contributed by atoms with van der Waals surface area (Å²) in [6, 6.07) is 6.41. The second-order valence-electron chi connectivity index (χ2n) is 3.81. The fourth-order valence-electron chi connectivity index (χ4n) is 1.87. The number of nitrogens with one attached hydrogen (secondary N) is 1. The van der Waals surface area contributed by atoms with Crippen molar-refractivity contribution in [3.8, 4) is 5.75 Å². The van der Waals surface area contributed by atoms with E-state index in [1.54, 1.807) is 0 Å². The van der Waals surface area contributed by atoms with Gasteiger partial charge >= 0.3 is 0 Å². The zero-order chi connectivity index (χ0) is 9.97. The van der Waals surface area contributed by atoms with E-state index in [2.05, 4.69) is 30.4 Å². The Kier molecular flexibility index (Phi) is 2.73. The lowest BCUT2D eigenvalue weighted by molar-refractivity contribution is 0.339. The predicted octanol–water partition coefficient (Wildman–Crippen LogP) is 2.08. The molecule has 0 atom stereocenters. The largest absolute Gasteiger partial charge is 0.494 e. The summed E-state index contributed by atoms with van der Waals surface area (Å²) in [5.74, 6) is 1.70. The fraction of sp³-hybridized carbons (Fsp3) is 0.500. The van der Waals surface area contributed by atoms with Gasteiger partial charge in [0.05, 0.1) is 6.61 Å². The molecule has 0 saturated carbocycles. The summed E-state index contributed by atoms with van der Waals surface area (Å²) in [5.41, 5.74) is 2.81. The molecule has 1 fully saturated rings. The third kappa shape index (κ3) is 1.75. The van der Waals surface area contributed by atoms with Crippen LogP contribution in [0.15, 0.2) is 18.2 Å². The molecule has 1 N–H and O–H groups in total. The molecule has 1 heterocycles. The number of aryl methyl sites for hydroxylation is 1. The Labute approximate surface area is 85.3 Å². The van der Waals surface area contributed by atoms with E-state index in [0.717, 1.165) is 25.4 Å². The summed E-state index contributed by atoms with van der Waals surface area (Å²) in [6.45, 7) is 7.16. The molecular formula is C12H17NO. The van der Waals surface area contributed by atoms with Gasteiger partial charge < -0.3 is 10.1 Å². The van der Waals surface area contributed by atoms with E-state index in [-0.39, 0.29) is 0 Å². The summed E-state index contributed by atoms with van der Waals surface area (Å²) in [5, 5.41) is 3.30. The highest BCUT2D eigenvalue weighted by molar-refractivity contribution is 5.38. The molecule has 14 heavy (non-hydrogen) atoms. The van der Waals surface area contributed by atoms with Gasteiger partial charge in [-0.15, -0.1) is 0 Å². The molecule has 0 aliphatic carbocycles. The lowest BCUT2D eigenvalue weighted by Gasteiger charge is -2.29. The normalized spacial score (nSPS) is 16.4. The van der Waals surface area contributed by atoms with Crippen LogP contribution < -0.4 is 10.1 Å². The number of benzene rings is 1. The van der Waals surface area contributed by atoms with Gasteiger partial charge in [-0.05, 0) is 37.1 Å². The summed E-state index contributed by atoms with van der Waals surface area (Å²) >= 11 is 0. The average molecular weight is 191 g/mol.